The smallest absolute Gasteiger partial charge is 0.345 e. The van der Waals surface area contributed by atoms with Crippen molar-refractivity contribution in [2.75, 3.05) is 17.2 Å². The number of hydrogen-bond donors (Lipinski definition) is 3. The summed E-state index contributed by atoms with van der Waals surface area (Å²) in [7, 11) is 0. The molecule has 3 N–H and O–H groups in total. The van der Waals surface area contributed by atoms with Crippen LogP contribution in [0.4, 0.5) is 16.2 Å². The summed E-state index contributed by atoms with van der Waals surface area (Å²) >= 11 is 11.9. The molecule has 0 bridgehead atoms. The zero-order chi connectivity index (χ0) is 24.1. The fraction of sp³-hybridized carbons (Fsp3) is 0.160. The van der Waals surface area contributed by atoms with Gasteiger partial charge in [-0.05, 0) is 73.0 Å². The molecule has 0 spiro atoms. The van der Waals surface area contributed by atoms with Gasteiger partial charge in [0.2, 0.25) is 0 Å². The van der Waals surface area contributed by atoms with Gasteiger partial charge in [-0.1, -0.05) is 47.5 Å². The summed E-state index contributed by atoms with van der Waals surface area (Å²) in [5.41, 5.74) is 3.12. The SMILES string of the molecule is O=C(Nc1ccc(-c2ccc(C(=O)OC(=O)[C@H]3CCCN3)cc2)cc1)Nc1cc(Cl)cc(Cl)c1. The molecule has 3 aromatic carbocycles. The highest BCUT2D eigenvalue weighted by Gasteiger charge is 2.26. The first kappa shape index (κ1) is 23.8. The van der Waals surface area contributed by atoms with Crippen LogP contribution in [0.5, 0.6) is 0 Å². The average molecular weight is 498 g/mol. The number of anilines is 2. The summed E-state index contributed by atoms with van der Waals surface area (Å²) in [5, 5.41) is 9.26. The molecule has 174 valence electrons. The Morgan fingerprint density at radius 3 is 2.00 bits per heavy atom. The number of esters is 2. The number of nitrogens with one attached hydrogen (secondary N) is 3. The highest BCUT2D eigenvalue weighted by Crippen LogP contribution is 2.24. The Morgan fingerprint density at radius 2 is 1.41 bits per heavy atom. The van der Waals surface area contributed by atoms with Gasteiger partial charge in [-0.2, -0.15) is 0 Å². The third-order valence-electron chi connectivity index (χ3n) is 5.26. The van der Waals surface area contributed by atoms with Gasteiger partial charge in [0, 0.05) is 21.4 Å². The minimum Gasteiger partial charge on any atom is -0.388 e. The van der Waals surface area contributed by atoms with Crippen LogP contribution < -0.4 is 16.0 Å². The number of urea groups is 1. The third-order valence-corrected chi connectivity index (χ3v) is 5.69. The van der Waals surface area contributed by atoms with E-state index in [1.54, 1.807) is 54.6 Å². The summed E-state index contributed by atoms with van der Waals surface area (Å²) in [5.74, 6) is -1.21. The predicted octanol–water partition coefficient (Wildman–Crippen LogP) is 5.74. The number of rotatable bonds is 5. The van der Waals surface area contributed by atoms with Crippen molar-refractivity contribution in [2.24, 2.45) is 0 Å². The molecule has 0 unspecified atom stereocenters. The van der Waals surface area contributed by atoms with Crippen LogP contribution in [0.2, 0.25) is 10.0 Å². The number of halogens is 2. The van der Waals surface area contributed by atoms with Gasteiger partial charge in [-0.15, -0.1) is 0 Å². The molecule has 0 aromatic heterocycles. The topological polar surface area (TPSA) is 96.5 Å². The Balaban J connectivity index is 1.34. The van der Waals surface area contributed by atoms with E-state index in [1.807, 2.05) is 12.1 Å². The second-order valence-electron chi connectivity index (χ2n) is 7.75. The molecular weight excluding hydrogens is 477 g/mol. The van der Waals surface area contributed by atoms with E-state index in [0.717, 1.165) is 24.1 Å². The van der Waals surface area contributed by atoms with Gasteiger partial charge in [-0.25, -0.2) is 14.4 Å². The molecule has 0 aliphatic carbocycles. The van der Waals surface area contributed by atoms with Gasteiger partial charge in [0.05, 0.1) is 5.56 Å². The Bertz CT molecular complexity index is 1190. The van der Waals surface area contributed by atoms with Crippen LogP contribution in [0.3, 0.4) is 0 Å². The molecule has 1 heterocycles. The van der Waals surface area contributed by atoms with E-state index in [4.69, 9.17) is 27.9 Å². The first-order valence-corrected chi connectivity index (χ1v) is 11.4. The largest absolute Gasteiger partial charge is 0.388 e. The lowest BCUT2D eigenvalue weighted by Crippen LogP contribution is -2.33. The Kier molecular flexibility index (Phi) is 7.47. The average Bonchev–Trinajstić information content (AvgIpc) is 3.34. The fourth-order valence-electron chi connectivity index (χ4n) is 3.57. The lowest BCUT2D eigenvalue weighted by Gasteiger charge is -2.10. The minimum absolute atomic E-state index is 0.297. The van der Waals surface area contributed by atoms with Crippen LogP contribution in [-0.2, 0) is 9.53 Å². The van der Waals surface area contributed by atoms with E-state index in [2.05, 4.69) is 16.0 Å². The molecule has 3 aromatic rings. The maximum Gasteiger partial charge on any atom is 0.345 e. The fourth-order valence-corrected chi connectivity index (χ4v) is 4.10. The zero-order valence-electron chi connectivity index (χ0n) is 17.9. The van der Waals surface area contributed by atoms with Crippen molar-refractivity contribution in [1.29, 1.82) is 0 Å². The van der Waals surface area contributed by atoms with Crippen molar-refractivity contribution in [3.8, 4) is 11.1 Å². The molecular formula is C25H21Cl2N3O4. The van der Waals surface area contributed by atoms with Crippen LogP contribution >= 0.6 is 23.2 Å². The third kappa shape index (κ3) is 6.14. The van der Waals surface area contributed by atoms with Crippen LogP contribution in [0, 0.1) is 0 Å². The predicted molar refractivity (Wildman–Crippen MR) is 132 cm³/mol. The first-order chi connectivity index (χ1) is 16.4. The minimum atomic E-state index is -0.670. The molecule has 0 radical (unpaired) electrons. The van der Waals surface area contributed by atoms with E-state index < -0.39 is 24.0 Å². The molecule has 9 heteroatoms. The summed E-state index contributed by atoms with van der Waals surface area (Å²) in [6, 6.07) is 17.9. The Hall–Kier alpha value is -3.39. The van der Waals surface area contributed by atoms with Crippen molar-refractivity contribution < 1.29 is 19.1 Å². The standard InChI is InChI=1S/C25H21Cl2N3O4/c26-18-12-19(27)14-21(13-18)30-25(33)29-20-9-7-16(8-10-20)15-3-5-17(6-4-15)23(31)34-24(32)22-2-1-11-28-22/h3-10,12-14,22,28H,1-2,11H2,(H2,29,30,33)/t22-/m1/s1. The molecule has 1 fully saturated rings. The van der Waals surface area contributed by atoms with E-state index in [1.165, 1.54) is 0 Å². The normalized spacial score (nSPS) is 14.9. The summed E-state index contributed by atoms with van der Waals surface area (Å²) < 4.78 is 4.97. The van der Waals surface area contributed by atoms with Crippen LogP contribution in [-0.4, -0.2) is 30.6 Å². The Labute approximate surface area is 206 Å². The highest BCUT2D eigenvalue weighted by molar-refractivity contribution is 6.35. The van der Waals surface area contributed by atoms with Crippen molar-refractivity contribution in [3.63, 3.8) is 0 Å². The second kappa shape index (κ2) is 10.7. The lowest BCUT2D eigenvalue weighted by atomic mass is 10.0. The van der Waals surface area contributed by atoms with Crippen molar-refractivity contribution in [1.82, 2.24) is 5.32 Å². The van der Waals surface area contributed by atoms with E-state index >= 15 is 0 Å². The highest BCUT2D eigenvalue weighted by atomic mass is 35.5. The Morgan fingerprint density at radius 1 is 0.824 bits per heavy atom. The molecule has 2 amide bonds. The molecule has 1 aliphatic heterocycles. The van der Waals surface area contributed by atoms with Crippen molar-refractivity contribution >= 4 is 52.5 Å². The van der Waals surface area contributed by atoms with Gasteiger partial charge in [0.1, 0.15) is 6.04 Å². The second-order valence-corrected chi connectivity index (χ2v) is 8.62. The molecule has 1 atom stereocenters. The van der Waals surface area contributed by atoms with E-state index in [-0.39, 0.29) is 0 Å². The number of amides is 2. The zero-order valence-corrected chi connectivity index (χ0v) is 19.5. The van der Waals surface area contributed by atoms with Gasteiger partial charge in [0.25, 0.3) is 0 Å². The number of hydrogen-bond acceptors (Lipinski definition) is 5. The van der Waals surface area contributed by atoms with Crippen LogP contribution in [0.1, 0.15) is 23.2 Å². The maximum atomic E-state index is 12.2. The molecule has 0 saturated carbocycles. The lowest BCUT2D eigenvalue weighted by molar-refractivity contribution is -0.139. The molecule has 4 rings (SSSR count). The number of carbonyl (C=O) groups is 3. The van der Waals surface area contributed by atoms with E-state index in [9.17, 15) is 14.4 Å². The molecule has 34 heavy (non-hydrogen) atoms. The molecule has 1 saturated heterocycles. The van der Waals surface area contributed by atoms with Gasteiger partial charge >= 0.3 is 18.0 Å². The van der Waals surface area contributed by atoms with E-state index in [0.29, 0.717) is 33.4 Å². The molecule has 1 aliphatic rings. The monoisotopic (exact) mass is 497 g/mol. The van der Waals surface area contributed by atoms with Crippen molar-refractivity contribution in [2.45, 2.75) is 18.9 Å². The van der Waals surface area contributed by atoms with Gasteiger partial charge in [0.15, 0.2) is 0 Å². The van der Waals surface area contributed by atoms with Gasteiger partial charge in [-0.3, -0.25) is 0 Å². The quantitative estimate of drug-likeness (QED) is 0.308. The summed E-state index contributed by atoms with van der Waals surface area (Å²) in [6.45, 7) is 0.748. The number of ether oxygens (including phenoxy) is 1. The first-order valence-electron chi connectivity index (χ1n) is 10.6. The number of benzene rings is 3. The maximum absolute atomic E-state index is 12.2. The summed E-state index contributed by atoms with van der Waals surface area (Å²) in [4.78, 5) is 36.5. The number of carbonyl (C=O) groups excluding carboxylic acids is 3. The summed E-state index contributed by atoms with van der Waals surface area (Å²) in [6.07, 6.45) is 1.56. The molecule has 7 nitrogen and oxygen atoms in total. The van der Waals surface area contributed by atoms with Crippen LogP contribution in [0.25, 0.3) is 11.1 Å². The van der Waals surface area contributed by atoms with Crippen LogP contribution in [0.15, 0.2) is 66.7 Å². The van der Waals surface area contributed by atoms with Crippen molar-refractivity contribution in [3.05, 3.63) is 82.3 Å². The van der Waals surface area contributed by atoms with Gasteiger partial charge < -0.3 is 20.7 Å².